The fraction of sp³-hybridized carbons (Fsp3) is 0.467. The highest BCUT2D eigenvalue weighted by atomic mass is 35.5. The Bertz CT molecular complexity index is 785. The molecule has 2 aromatic rings. The van der Waals surface area contributed by atoms with Crippen LogP contribution in [0.4, 0.5) is 0 Å². The van der Waals surface area contributed by atoms with Crippen molar-refractivity contribution in [2.45, 2.75) is 24.8 Å². The zero-order valence-electron chi connectivity index (χ0n) is 13.0. The van der Waals surface area contributed by atoms with E-state index in [2.05, 4.69) is 5.32 Å². The van der Waals surface area contributed by atoms with E-state index < -0.39 is 10.0 Å². The summed E-state index contributed by atoms with van der Waals surface area (Å²) in [6.45, 7) is 5.74. The van der Waals surface area contributed by atoms with Gasteiger partial charge in [-0.1, -0.05) is 18.2 Å². The van der Waals surface area contributed by atoms with Gasteiger partial charge >= 0.3 is 0 Å². The molecule has 3 rings (SSSR count). The number of fused-ring (bicyclic) bond motifs is 1. The van der Waals surface area contributed by atoms with Crippen LogP contribution in [0, 0.1) is 6.92 Å². The molecular formula is C15H22ClN3O2S. The molecule has 1 aromatic heterocycles. The molecule has 1 atom stereocenters. The van der Waals surface area contributed by atoms with Gasteiger partial charge in [0.05, 0.1) is 0 Å². The second-order valence-corrected chi connectivity index (χ2v) is 7.49. The minimum atomic E-state index is -3.48. The Balaban J connectivity index is 0.00000176. The van der Waals surface area contributed by atoms with Crippen LogP contribution in [-0.4, -0.2) is 43.0 Å². The van der Waals surface area contributed by atoms with Gasteiger partial charge in [-0.15, -0.1) is 12.4 Å². The Morgan fingerprint density at radius 1 is 1.27 bits per heavy atom. The highest BCUT2D eigenvalue weighted by Gasteiger charge is 2.34. The first-order chi connectivity index (χ1) is 9.94. The smallest absolute Gasteiger partial charge is 0.245 e. The topological polar surface area (TPSA) is 54.3 Å². The van der Waals surface area contributed by atoms with E-state index in [1.807, 2.05) is 49.7 Å². The minimum absolute atomic E-state index is 0. The quantitative estimate of drug-likeness (QED) is 0.906. The van der Waals surface area contributed by atoms with E-state index in [1.54, 1.807) is 4.31 Å². The van der Waals surface area contributed by atoms with Gasteiger partial charge in [-0.25, -0.2) is 8.42 Å². The van der Waals surface area contributed by atoms with Crippen molar-refractivity contribution < 1.29 is 8.42 Å². The maximum Gasteiger partial charge on any atom is 0.245 e. The van der Waals surface area contributed by atoms with E-state index in [-0.39, 0.29) is 18.4 Å². The zero-order valence-corrected chi connectivity index (χ0v) is 14.7. The fourth-order valence-electron chi connectivity index (χ4n) is 3.11. The fourth-order valence-corrected chi connectivity index (χ4v) is 5.18. The first-order valence-electron chi connectivity index (χ1n) is 7.21. The molecule has 1 N–H and O–H groups in total. The Hall–Kier alpha value is -1.08. The number of hydrogen-bond acceptors (Lipinski definition) is 3. The third-order valence-electron chi connectivity index (χ3n) is 4.35. The molecule has 1 fully saturated rings. The predicted molar refractivity (Wildman–Crippen MR) is 91.1 cm³/mol. The van der Waals surface area contributed by atoms with Crippen LogP contribution < -0.4 is 5.32 Å². The number of hydrogen-bond donors (Lipinski definition) is 1. The molecule has 5 nitrogen and oxygen atoms in total. The van der Waals surface area contributed by atoms with Gasteiger partial charge in [-0.2, -0.15) is 4.31 Å². The van der Waals surface area contributed by atoms with Crippen molar-refractivity contribution in [3.8, 4) is 0 Å². The lowest BCUT2D eigenvalue weighted by atomic mass is 10.2. The van der Waals surface area contributed by atoms with Gasteiger partial charge in [-0.05, 0) is 19.9 Å². The largest absolute Gasteiger partial charge is 0.347 e. The molecule has 0 radical (unpaired) electrons. The Morgan fingerprint density at radius 2 is 1.95 bits per heavy atom. The minimum Gasteiger partial charge on any atom is -0.347 e. The number of benzene rings is 1. The summed E-state index contributed by atoms with van der Waals surface area (Å²) in [6.07, 6.45) is 0. The molecule has 1 saturated heterocycles. The summed E-state index contributed by atoms with van der Waals surface area (Å²) in [6, 6.07) is 7.65. The van der Waals surface area contributed by atoms with Crippen LogP contribution in [0.25, 0.3) is 10.9 Å². The van der Waals surface area contributed by atoms with E-state index >= 15 is 0 Å². The van der Waals surface area contributed by atoms with Crippen LogP contribution in [-0.2, 0) is 17.1 Å². The van der Waals surface area contributed by atoms with E-state index in [0.29, 0.717) is 24.5 Å². The maximum atomic E-state index is 13.1. The van der Waals surface area contributed by atoms with Crippen molar-refractivity contribution in [2.75, 3.05) is 19.6 Å². The standard InChI is InChI=1S/C15H21N3O2S.ClH/c1-11-10-16-8-9-18(11)21(19,20)15-12(2)17(3)14-7-5-4-6-13(14)15;/h4-7,11,16H,8-10H2,1-3H3;1H/t11-;/m1./s1. The molecule has 0 bridgehead atoms. The Kier molecular flexibility index (Phi) is 4.87. The normalized spacial score (nSPS) is 20.0. The van der Waals surface area contributed by atoms with E-state index in [4.69, 9.17) is 0 Å². The molecule has 0 saturated carbocycles. The van der Waals surface area contributed by atoms with E-state index in [0.717, 1.165) is 16.6 Å². The number of rotatable bonds is 2. The SMILES string of the molecule is Cc1c(S(=O)(=O)N2CCNC[C@H]2C)c2ccccc2n1C.Cl. The molecule has 22 heavy (non-hydrogen) atoms. The number of nitrogens with one attached hydrogen (secondary N) is 1. The van der Waals surface area contributed by atoms with Crippen molar-refractivity contribution in [2.24, 2.45) is 7.05 Å². The first-order valence-corrected chi connectivity index (χ1v) is 8.65. The van der Waals surface area contributed by atoms with Crippen LogP contribution >= 0.6 is 12.4 Å². The van der Waals surface area contributed by atoms with Gasteiger partial charge in [0.2, 0.25) is 10.0 Å². The van der Waals surface area contributed by atoms with E-state index in [9.17, 15) is 8.42 Å². The number of piperazine rings is 1. The van der Waals surface area contributed by atoms with Gasteiger partial charge in [0.25, 0.3) is 0 Å². The lowest BCUT2D eigenvalue weighted by molar-refractivity contribution is 0.284. The molecule has 0 amide bonds. The molecule has 0 unspecified atom stereocenters. The molecule has 1 aromatic carbocycles. The average molecular weight is 344 g/mol. The number of aryl methyl sites for hydroxylation is 1. The number of halogens is 1. The highest BCUT2D eigenvalue weighted by Crippen LogP contribution is 2.32. The van der Waals surface area contributed by atoms with Gasteiger partial charge in [0, 0.05) is 49.3 Å². The number of para-hydroxylation sites is 1. The second-order valence-electron chi connectivity index (χ2n) is 5.66. The average Bonchev–Trinajstić information content (AvgIpc) is 2.72. The number of aromatic nitrogens is 1. The monoisotopic (exact) mass is 343 g/mol. The maximum absolute atomic E-state index is 13.1. The second kappa shape index (κ2) is 6.20. The zero-order chi connectivity index (χ0) is 15.2. The Labute approximate surface area is 137 Å². The van der Waals surface area contributed by atoms with Crippen molar-refractivity contribution >= 4 is 33.3 Å². The third kappa shape index (κ3) is 2.54. The van der Waals surface area contributed by atoms with Crippen LogP contribution in [0.15, 0.2) is 29.2 Å². The van der Waals surface area contributed by atoms with Gasteiger partial charge in [0.1, 0.15) is 4.90 Å². The summed E-state index contributed by atoms with van der Waals surface area (Å²) in [5.41, 5.74) is 1.75. The van der Waals surface area contributed by atoms with Crippen molar-refractivity contribution in [1.82, 2.24) is 14.2 Å². The third-order valence-corrected chi connectivity index (χ3v) is 6.54. The molecule has 0 spiro atoms. The molecule has 0 aliphatic carbocycles. The predicted octanol–water partition coefficient (Wildman–Crippen LogP) is 1.89. The summed E-state index contributed by atoms with van der Waals surface area (Å²) in [5, 5.41) is 4.04. The van der Waals surface area contributed by atoms with Gasteiger partial charge < -0.3 is 9.88 Å². The Morgan fingerprint density at radius 3 is 2.64 bits per heavy atom. The first kappa shape index (κ1) is 17.3. The van der Waals surface area contributed by atoms with Crippen LogP contribution in [0.2, 0.25) is 0 Å². The molecule has 122 valence electrons. The summed E-state index contributed by atoms with van der Waals surface area (Å²) >= 11 is 0. The molecule has 1 aliphatic heterocycles. The van der Waals surface area contributed by atoms with Gasteiger partial charge in [0.15, 0.2) is 0 Å². The molecule has 1 aliphatic rings. The highest BCUT2D eigenvalue weighted by molar-refractivity contribution is 7.89. The number of nitrogens with zero attached hydrogens (tertiary/aromatic N) is 2. The summed E-state index contributed by atoms with van der Waals surface area (Å²) < 4.78 is 29.8. The molecule has 7 heteroatoms. The van der Waals surface area contributed by atoms with Crippen molar-refractivity contribution in [1.29, 1.82) is 0 Å². The van der Waals surface area contributed by atoms with Crippen molar-refractivity contribution in [3.05, 3.63) is 30.0 Å². The molecule has 2 heterocycles. The van der Waals surface area contributed by atoms with E-state index in [1.165, 1.54) is 0 Å². The summed E-state index contributed by atoms with van der Waals surface area (Å²) in [7, 11) is -1.56. The van der Waals surface area contributed by atoms with Crippen molar-refractivity contribution in [3.63, 3.8) is 0 Å². The van der Waals surface area contributed by atoms with Crippen LogP contribution in [0.1, 0.15) is 12.6 Å². The van der Waals surface area contributed by atoms with Crippen LogP contribution in [0.5, 0.6) is 0 Å². The summed E-state index contributed by atoms with van der Waals surface area (Å²) in [5.74, 6) is 0. The lowest BCUT2D eigenvalue weighted by Crippen LogP contribution is -2.52. The lowest BCUT2D eigenvalue weighted by Gasteiger charge is -2.32. The van der Waals surface area contributed by atoms with Gasteiger partial charge in [-0.3, -0.25) is 0 Å². The number of sulfonamides is 1. The molecular weight excluding hydrogens is 322 g/mol. The van der Waals surface area contributed by atoms with Crippen LogP contribution in [0.3, 0.4) is 0 Å². The summed E-state index contributed by atoms with van der Waals surface area (Å²) in [4.78, 5) is 0.453.